The Morgan fingerprint density at radius 1 is 1.23 bits per heavy atom. The number of rotatable bonds is 4. The molecule has 2 aromatic carbocycles. The molecule has 1 atom stereocenters. The average Bonchev–Trinajstić information content (AvgIpc) is 2.95. The average molecular weight is 449 g/mol. The smallest absolute Gasteiger partial charge is 0.243 e. The topological polar surface area (TPSA) is 76.2 Å². The van der Waals surface area contributed by atoms with E-state index in [0.717, 1.165) is 17.1 Å². The summed E-state index contributed by atoms with van der Waals surface area (Å²) in [6, 6.07) is 12.3. The molecular weight excluding hydrogens is 424 g/mol. The highest BCUT2D eigenvalue weighted by Crippen LogP contribution is 2.36. The van der Waals surface area contributed by atoms with Crippen molar-refractivity contribution in [3.63, 3.8) is 0 Å². The summed E-state index contributed by atoms with van der Waals surface area (Å²) >= 11 is 1.64. The van der Waals surface area contributed by atoms with Crippen molar-refractivity contribution in [2.45, 2.75) is 29.2 Å². The molecule has 4 rings (SSSR count). The van der Waals surface area contributed by atoms with Crippen molar-refractivity contribution < 1.29 is 22.7 Å². The van der Waals surface area contributed by atoms with E-state index < -0.39 is 16.1 Å². The number of ether oxygens (including phenoxy) is 2. The van der Waals surface area contributed by atoms with E-state index >= 15 is 0 Å². The number of carbonyl (C=O) groups excluding carboxylic acids is 1. The summed E-state index contributed by atoms with van der Waals surface area (Å²) in [4.78, 5) is 14.8. The maximum atomic E-state index is 13.2. The first-order chi connectivity index (χ1) is 14.4. The third kappa shape index (κ3) is 4.14. The van der Waals surface area contributed by atoms with Crippen LogP contribution in [0.5, 0.6) is 11.5 Å². The minimum atomic E-state index is -3.76. The van der Waals surface area contributed by atoms with Crippen LogP contribution in [0.25, 0.3) is 0 Å². The lowest BCUT2D eigenvalue weighted by molar-refractivity contribution is -0.116. The molecule has 0 unspecified atom stereocenters. The quantitative estimate of drug-likeness (QED) is 0.716. The van der Waals surface area contributed by atoms with E-state index in [-0.39, 0.29) is 24.0 Å². The summed E-state index contributed by atoms with van der Waals surface area (Å²) in [6.45, 7) is 2.52. The summed E-state index contributed by atoms with van der Waals surface area (Å²) in [5.41, 5.74) is 0.658. The van der Waals surface area contributed by atoms with E-state index in [1.165, 1.54) is 18.3 Å². The van der Waals surface area contributed by atoms with Gasteiger partial charge in [-0.2, -0.15) is 4.31 Å². The number of hydrogen-bond acceptors (Lipinski definition) is 6. The number of carbonyl (C=O) groups is 1. The van der Waals surface area contributed by atoms with Crippen molar-refractivity contribution >= 4 is 33.4 Å². The number of para-hydroxylation sites is 2. The van der Waals surface area contributed by atoms with Gasteiger partial charge in [-0.1, -0.05) is 12.1 Å². The van der Waals surface area contributed by atoms with Crippen LogP contribution < -0.4 is 14.4 Å². The van der Waals surface area contributed by atoms with Crippen LogP contribution in [0.15, 0.2) is 52.3 Å². The number of benzene rings is 2. The van der Waals surface area contributed by atoms with E-state index in [1.54, 1.807) is 40.9 Å². The van der Waals surface area contributed by atoms with Gasteiger partial charge < -0.3 is 14.4 Å². The molecule has 160 valence electrons. The molecule has 7 nitrogen and oxygen atoms in total. The first kappa shape index (κ1) is 21.0. The third-order valence-electron chi connectivity index (χ3n) is 5.12. The lowest BCUT2D eigenvalue weighted by atomic mass is 10.2. The minimum Gasteiger partial charge on any atom is -0.486 e. The van der Waals surface area contributed by atoms with Crippen molar-refractivity contribution in [2.75, 3.05) is 37.4 Å². The first-order valence-corrected chi connectivity index (χ1v) is 12.2. The lowest BCUT2D eigenvalue weighted by Gasteiger charge is -2.29. The molecule has 0 radical (unpaired) electrons. The molecule has 2 heterocycles. The van der Waals surface area contributed by atoms with Gasteiger partial charge in [-0.05, 0) is 42.5 Å². The molecule has 9 heteroatoms. The van der Waals surface area contributed by atoms with Crippen LogP contribution in [0.2, 0.25) is 0 Å². The SMILES string of the molecule is CC(=O)N1CCCSc2ccc(S(=O)(=O)N(C)C[C@@H]3COc4ccccc4O3)cc21. The van der Waals surface area contributed by atoms with Crippen LogP contribution in [0, 0.1) is 0 Å². The lowest BCUT2D eigenvalue weighted by Crippen LogP contribution is -2.41. The highest BCUT2D eigenvalue weighted by molar-refractivity contribution is 7.99. The van der Waals surface area contributed by atoms with E-state index in [4.69, 9.17) is 9.47 Å². The number of anilines is 1. The second kappa shape index (κ2) is 8.49. The molecule has 0 fully saturated rings. The molecule has 0 saturated carbocycles. The van der Waals surface area contributed by atoms with Crippen molar-refractivity contribution in [3.05, 3.63) is 42.5 Å². The van der Waals surface area contributed by atoms with E-state index in [9.17, 15) is 13.2 Å². The number of fused-ring (bicyclic) bond motifs is 2. The van der Waals surface area contributed by atoms with Crippen LogP contribution in [0.4, 0.5) is 5.69 Å². The summed E-state index contributed by atoms with van der Waals surface area (Å²) in [5.74, 6) is 2.07. The molecule has 0 spiro atoms. The maximum absolute atomic E-state index is 13.2. The molecule has 0 aromatic heterocycles. The van der Waals surface area contributed by atoms with Gasteiger partial charge in [0, 0.05) is 25.4 Å². The van der Waals surface area contributed by atoms with Crippen LogP contribution in [-0.4, -0.2) is 57.2 Å². The zero-order valence-corrected chi connectivity index (χ0v) is 18.5. The van der Waals surface area contributed by atoms with Gasteiger partial charge in [-0.15, -0.1) is 11.8 Å². The summed E-state index contributed by atoms with van der Waals surface area (Å²) in [6.07, 6.45) is 0.450. The predicted octanol–water partition coefficient (Wildman–Crippen LogP) is 3.00. The van der Waals surface area contributed by atoms with Crippen molar-refractivity contribution in [1.82, 2.24) is 4.31 Å². The molecule has 2 aromatic rings. The Balaban J connectivity index is 1.55. The Bertz CT molecular complexity index is 1060. The fraction of sp³-hybridized carbons (Fsp3) is 0.381. The molecule has 0 N–H and O–H groups in total. The van der Waals surface area contributed by atoms with Gasteiger partial charge in [-0.25, -0.2) is 8.42 Å². The monoisotopic (exact) mass is 448 g/mol. The van der Waals surface area contributed by atoms with Crippen LogP contribution >= 0.6 is 11.8 Å². The number of thioether (sulfide) groups is 1. The Kier molecular flexibility index (Phi) is 5.95. The van der Waals surface area contributed by atoms with E-state index in [1.807, 2.05) is 18.2 Å². The normalized spacial score (nSPS) is 18.6. The Labute approximate surface area is 181 Å². The van der Waals surface area contributed by atoms with Crippen molar-refractivity contribution in [1.29, 1.82) is 0 Å². The Hall–Kier alpha value is -2.23. The fourth-order valence-corrected chi connectivity index (χ4v) is 5.76. The summed E-state index contributed by atoms with van der Waals surface area (Å²) in [7, 11) is -2.23. The molecule has 0 saturated heterocycles. The van der Waals surface area contributed by atoms with Gasteiger partial charge in [0.25, 0.3) is 0 Å². The van der Waals surface area contributed by atoms with Gasteiger partial charge in [-0.3, -0.25) is 4.79 Å². The summed E-state index contributed by atoms with van der Waals surface area (Å²) < 4.78 is 39.3. The maximum Gasteiger partial charge on any atom is 0.243 e. The first-order valence-electron chi connectivity index (χ1n) is 9.76. The van der Waals surface area contributed by atoms with Gasteiger partial charge in [0.2, 0.25) is 15.9 Å². The van der Waals surface area contributed by atoms with Gasteiger partial charge in [0.05, 0.1) is 17.1 Å². The zero-order valence-electron chi connectivity index (χ0n) is 16.9. The molecule has 2 aliphatic rings. The number of likely N-dealkylation sites (N-methyl/N-ethyl adjacent to an activating group) is 1. The van der Waals surface area contributed by atoms with Crippen molar-refractivity contribution in [2.24, 2.45) is 0 Å². The molecule has 1 amide bonds. The zero-order chi connectivity index (χ0) is 21.3. The Morgan fingerprint density at radius 2 is 2.00 bits per heavy atom. The standard InChI is InChI=1S/C21H24N2O5S2/c1-15(24)23-10-5-11-29-21-9-8-17(12-18(21)23)30(25,26)22(2)13-16-14-27-19-6-3-4-7-20(19)28-16/h3-4,6-9,12,16H,5,10-11,13-14H2,1-2H3/t16-/m1/s1. The molecule has 0 aliphatic carbocycles. The molecule has 30 heavy (non-hydrogen) atoms. The molecule has 0 bridgehead atoms. The van der Waals surface area contributed by atoms with E-state index in [0.29, 0.717) is 23.7 Å². The van der Waals surface area contributed by atoms with Crippen LogP contribution in [0.1, 0.15) is 13.3 Å². The van der Waals surface area contributed by atoms with Crippen LogP contribution in [0.3, 0.4) is 0 Å². The fourth-order valence-electron chi connectivity index (χ4n) is 3.56. The molecular formula is C21H24N2O5S2. The third-order valence-corrected chi connectivity index (χ3v) is 8.09. The highest BCUT2D eigenvalue weighted by Gasteiger charge is 2.29. The minimum absolute atomic E-state index is 0.0897. The second-order valence-electron chi connectivity index (χ2n) is 7.29. The predicted molar refractivity (Wildman–Crippen MR) is 116 cm³/mol. The Morgan fingerprint density at radius 3 is 2.77 bits per heavy atom. The highest BCUT2D eigenvalue weighted by atomic mass is 32.2. The summed E-state index contributed by atoms with van der Waals surface area (Å²) in [5, 5.41) is 0. The number of nitrogens with zero attached hydrogens (tertiary/aromatic N) is 2. The second-order valence-corrected chi connectivity index (χ2v) is 10.5. The van der Waals surface area contributed by atoms with Crippen molar-refractivity contribution in [3.8, 4) is 11.5 Å². The van der Waals surface area contributed by atoms with Crippen LogP contribution in [-0.2, 0) is 14.8 Å². The number of amides is 1. The largest absolute Gasteiger partial charge is 0.486 e. The van der Waals surface area contributed by atoms with Gasteiger partial charge in [0.15, 0.2) is 11.5 Å². The number of hydrogen-bond donors (Lipinski definition) is 0. The molecule has 2 aliphatic heterocycles. The van der Waals surface area contributed by atoms with Gasteiger partial charge in [0.1, 0.15) is 12.7 Å². The number of sulfonamides is 1. The van der Waals surface area contributed by atoms with E-state index in [2.05, 4.69) is 0 Å². The van der Waals surface area contributed by atoms with Gasteiger partial charge >= 0.3 is 0 Å².